The first-order valence-corrected chi connectivity index (χ1v) is 7.07. The lowest BCUT2D eigenvalue weighted by molar-refractivity contribution is -0.149. The van der Waals surface area contributed by atoms with Gasteiger partial charge in [0.1, 0.15) is 5.54 Å². The summed E-state index contributed by atoms with van der Waals surface area (Å²) in [5, 5.41) is 0. The van der Waals surface area contributed by atoms with Crippen LogP contribution in [-0.2, 0) is 9.53 Å². The van der Waals surface area contributed by atoms with E-state index in [1.54, 1.807) is 6.92 Å². The summed E-state index contributed by atoms with van der Waals surface area (Å²) in [5.74, 6) is 0.363. The van der Waals surface area contributed by atoms with Crippen LogP contribution in [0.5, 0.6) is 0 Å². The maximum Gasteiger partial charge on any atom is 0.325 e. The number of nitrogens with two attached hydrogens (primary N) is 1. The van der Waals surface area contributed by atoms with Gasteiger partial charge in [-0.3, -0.25) is 4.79 Å². The van der Waals surface area contributed by atoms with E-state index in [2.05, 4.69) is 18.7 Å². The highest BCUT2D eigenvalue weighted by Crippen LogP contribution is 2.28. The van der Waals surface area contributed by atoms with E-state index >= 15 is 0 Å². The third kappa shape index (κ3) is 4.94. The van der Waals surface area contributed by atoms with Crippen molar-refractivity contribution < 1.29 is 9.53 Å². The molecule has 1 aliphatic rings. The summed E-state index contributed by atoms with van der Waals surface area (Å²) in [6.07, 6.45) is 3.23. The van der Waals surface area contributed by atoms with Gasteiger partial charge in [-0.05, 0) is 39.0 Å². The van der Waals surface area contributed by atoms with Crippen molar-refractivity contribution in [3.8, 4) is 0 Å². The van der Waals surface area contributed by atoms with Crippen LogP contribution in [0.1, 0.15) is 47.0 Å². The van der Waals surface area contributed by atoms with Crippen LogP contribution in [0.3, 0.4) is 0 Å². The smallest absolute Gasteiger partial charge is 0.325 e. The molecule has 106 valence electrons. The van der Waals surface area contributed by atoms with Gasteiger partial charge in [-0.15, -0.1) is 0 Å². The first-order valence-electron chi connectivity index (χ1n) is 7.07. The average molecular weight is 256 g/mol. The van der Waals surface area contributed by atoms with E-state index in [4.69, 9.17) is 10.5 Å². The van der Waals surface area contributed by atoms with Crippen LogP contribution < -0.4 is 5.73 Å². The number of esters is 1. The van der Waals surface area contributed by atoms with Crippen molar-refractivity contribution in [3.05, 3.63) is 0 Å². The van der Waals surface area contributed by atoms with Gasteiger partial charge in [0.25, 0.3) is 0 Å². The zero-order chi connectivity index (χ0) is 13.8. The first-order chi connectivity index (χ1) is 8.36. The number of ether oxygens (including phenoxy) is 1. The van der Waals surface area contributed by atoms with Crippen LogP contribution >= 0.6 is 0 Å². The number of hydrogen-bond acceptors (Lipinski definition) is 4. The highest BCUT2D eigenvalue weighted by Gasteiger charge is 2.34. The third-order valence-corrected chi connectivity index (χ3v) is 3.32. The number of nitrogens with zero attached hydrogens (tertiary/aromatic N) is 1. The Kier molecular flexibility index (Phi) is 5.60. The lowest BCUT2D eigenvalue weighted by atomic mass is 9.99. The number of carbonyl (C=O) groups is 1. The van der Waals surface area contributed by atoms with Gasteiger partial charge in [-0.25, -0.2) is 0 Å². The molecule has 0 aromatic rings. The van der Waals surface area contributed by atoms with Gasteiger partial charge in [0, 0.05) is 19.1 Å². The van der Waals surface area contributed by atoms with E-state index in [0.29, 0.717) is 25.0 Å². The van der Waals surface area contributed by atoms with Crippen LogP contribution in [-0.4, -0.2) is 42.1 Å². The summed E-state index contributed by atoms with van der Waals surface area (Å²) < 4.78 is 5.01. The molecule has 0 aromatic carbocycles. The van der Waals surface area contributed by atoms with Gasteiger partial charge < -0.3 is 15.4 Å². The molecule has 0 amide bonds. The van der Waals surface area contributed by atoms with Crippen molar-refractivity contribution in [2.45, 2.75) is 58.5 Å². The molecule has 2 N–H and O–H groups in total. The van der Waals surface area contributed by atoms with Gasteiger partial charge in [-0.2, -0.15) is 0 Å². The zero-order valence-corrected chi connectivity index (χ0v) is 12.2. The molecule has 0 heterocycles. The lowest BCUT2D eigenvalue weighted by Gasteiger charge is -2.29. The Labute approximate surface area is 111 Å². The minimum atomic E-state index is -0.861. The molecule has 0 radical (unpaired) electrons. The molecule has 1 aliphatic carbocycles. The molecule has 1 fully saturated rings. The molecular weight excluding hydrogens is 228 g/mol. The Morgan fingerprint density at radius 3 is 2.56 bits per heavy atom. The van der Waals surface area contributed by atoms with Crippen LogP contribution in [0.15, 0.2) is 0 Å². The quantitative estimate of drug-likeness (QED) is 0.673. The summed E-state index contributed by atoms with van der Waals surface area (Å²) in [5.41, 5.74) is 5.18. The maximum absolute atomic E-state index is 11.7. The van der Waals surface area contributed by atoms with Gasteiger partial charge in [0.2, 0.25) is 0 Å². The summed E-state index contributed by atoms with van der Waals surface area (Å²) in [6, 6.07) is 0.713. The highest BCUT2D eigenvalue weighted by atomic mass is 16.5. The Hall–Kier alpha value is -0.610. The van der Waals surface area contributed by atoms with Crippen molar-refractivity contribution in [2.75, 3.05) is 19.7 Å². The van der Waals surface area contributed by atoms with E-state index in [1.165, 1.54) is 12.8 Å². The summed E-state index contributed by atoms with van der Waals surface area (Å²) >= 11 is 0. The summed E-state index contributed by atoms with van der Waals surface area (Å²) in [4.78, 5) is 14.2. The van der Waals surface area contributed by atoms with E-state index in [1.807, 2.05) is 6.92 Å². The number of carbonyl (C=O) groups excluding carboxylic acids is 1. The molecule has 1 saturated carbocycles. The maximum atomic E-state index is 11.7. The van der Waals surface area contributed by atoms with Gasteiger partial charge in [0.05, 0.1) is 6.61 Å². The fraction of sp³-hybridized carbons (Fsp3) is 0.929. The Bertz CT molecular complexity index is 273. The monoisotopic (exact) mass is 256 g/mol. The first kappa shape index (κ1) is 15.4. The van der Waals surface area contributed by atoms with E-state index in [9.17, 15) is 4.79 Å². The third-order valence-electron chi connectivity index (χ3n) is 3.32. The fourth-order valence-electron chi connectivity index (χ4n) is 2.11. The lowest BCUT2D eigenvalue weighted by Crippen LogP contribution is -2.49. The largest absolute Gasteiger partial charge is 0.465 e. The van der Waals surface area contributed by atoms with E-state index < -0.39 is 5.54 Å². The molecule has 0 saturated heterocycles. The Morgan fingerprint density at radius 2 is 2.11 bits per heavy atom. The minimum absolute atomic E-state index is 0.287. The van der Waals surface area contributed by atoms with Crippen molar-refractivity contribution in [2.24, 2.45) is 11.7 Å². The summed E-state index contributed by atoms with van der Waals surface area (Å²) in [7, 11) is 0. The second-order valence-corrected chi connectivity index (χ2v) is 6.01. The molecular formula is C14H28N2O2. The van der Waals surface area contributed by atoms with E-state index in [-0.39, 0.29) is 5.97 Å². The predicted molar refractivity (Wildman–Crippen MR) is 73.3 cm³/mol. The normalized spacial score (nSPS) is 19.1. The standard InChI is InChI=1S/C14H28N2O2/c1-5-18-13(17)14(4,15)8-9-16(10-11(2)3)12-6-7-12/h11-12H,5-10,15H2,1-4H3. The second-order valence-electron chi connectivity index (χ2n) is 6.01. The van der Waals surface area contributed by atoms with Crippen molar-refractivity contribution >= 4 is 5.97 Å². The molecule has 4 heteroatoms. The molecule has 0 spiro atoms. The van der Waals surface area contributed by atoms with Gasteiger partial charge >= 0.3 is 5.97 Å². The second kappa shape index (κ2) is 6.53. The molecule has 0 aromatic heterocycles. The highest BCUT2D eigenvalue weighted by molar-refractivity contribution is 5.79. The molecule has 0 bridgehead atoms. The molecule has 0 aliphatic heterocycles. The SMILES string of the molecule is CCOC(=O)C(C)(N)CCN(CC(C)C)C1CC1. The van der Waals surface area contributed by atoms with Crippen LogP contribution in [0.2, 0.25) is 0 Å². The van der Waals surface area contributed by atoms with E-state index in [0.717, 1.165) is 13.1 Å². The summed E-state index contributed by atoms with van der Waals surface area (Å²) in [6.45, 7) is 10.4. The van der Waals surface area contributed by atoms with Crippen molar-refractivity contribution in [3.63, 3.8) is 0 Å². The fourth-order valence-corrected chi connectivity index (χ4v) is 2.11. The van der Waals surface area contributed by atoms with Crippen molar-refractivity contribution in [1.29, 1.82) is 0 Å². The predicted octanol–water partition coefficient (Wildman–Crippen LogP) is 1.78. The topological polar surface area (TPSA) is 55.6 Å². The number of rotatable bonds is 8. The van der Waals surface area contributed by atoms with Gasteiger partial charge in [0.15, 0.2) is 0 Å². The Balaban J connectivity index is 2.42. The minimum Gasteiger partial charge on any atom is -0.465 e. The van der Waals surface area contributed by atoms with Crippen LogP contribution in [0, 0.1) is 5.92 Å². The molecule has 4 nitrogen and oxygen atoms in total. The van der Waals surface area contributed by atoms with Crippen LogP contribution in [0.25, 0.3) is 0 Å². The molecule has 1 rings (SSSR count). The average Bonchev–Trinajstić information content (AvgIpc) is 3.07. The van der Waals surface area contributed by atoms with Gasteiger partial charge in [-0.1, -0.05) is 13.8 Å². The zero-order valence-electron chi connectivity index (χ0n) is 12.2. The number of hydrogen-bond donors (Lipinski definition) is 1. The van der Waals surface area contributed by atoms with Crippen LogP contribution in [0.4, 0.5) is 0 Å². The van der Waals surface area contributed by atoms with Crippen molar-refractivity contribution in [1.82, 2.24) is 4.90 Å². The molecule has 1 unspecified atom stereocenters. The Morgan fingerprint density at radius 1 is 1.50 bits per heavy atom. The molecule has 18 heavy (non-hydrogen) atoms. The molecule has 1 atom stereocenters.